The summed E-state index contributed by atoms with van der Waals surface area (Å²) in [7, 11) is 0. The molecule has 2 aliphatic heterocycles. The van der Waals surface area contributed by atoms with Gasteiger partial charge in [0, 0.05) is 43.1 Å². The fourth-order valence-electron chi connectivity index (χ4n) is 6.66. The molecule has 2 fully saturated rings. The van der Waals surface area contributed by atoms with Crippen LogP contribution in [0.4, 0.5) is 11.4 Å². The van der Waals surface area contributed by atoms with E-state index >= 15 is 0 Å². The van der Waals surface area contributed by atoms with Gasteiger partial charge in [0.1, 0.15) is 31.3 Å². The molecule has 3 aromatic carbocycles. The van der Waals surface area contributed by atoms with E-state index in [1.807, 2.05) is 31.2 Å². The molecule has 0 bridgehead atoms. The van der Waals surface area contributed by atoms with Crippen molar-refractivity contribution >= 4 is 11.4 Å². The third-order valence-corrected chi connectivity index (χ3v) is 9.72. The number of nitrogens with zero attached hydrogens (tertiary/aromatic N) is 8. The van der Waals surface area contributed by atoms with Crippen LogP contribution in [0.5, 0.6) is 5.75 Å². The summed E-state index contributed by atoms with van der Waals surface area (Å²) in [6, 6.07) is 25.0. The summed E-state index contributed by atoms with van der Waals surface area (Å²) in [6.45, 7) is 11.0. The molecule has 2 saturated heterocycles. The second kappa shape index (κ2) is 14.9. The first-order valence-corrected chi connectivity index (χ1v) is 17.7. The average molecular weight is 679 g/mol. The summed E-state index contributed by atoms with van der Waals surface area (Å²) in [4.78, 5) is 19.2. The molecule has 0 saturated carbocycles. The molecule has 0 spiro atoms. The highest BCUT2D eigenvalue weighted by atomic mass is 16.8. The Bertz CT molecular complexity index is 1860. The predicted octanol–water partition coefficient (Wildman–Crippen LogP) is 5.22. The predicted molar refractivity (Wildman–Crippen MR) is 192 cm³/mol. The van der Waals surface area contributed by atoms with Crippen LogP contribution in [-0.4, -0.2) is 74.8 Å². The molecule has 0 amide bonds. The first-order valence-electron chi connectivity index (χ1n) is 17.7. The molecule has 12 heteroatoms. The Balaban J connectivity index is 0.917. The van der Waals surface area contributed by atoms with Gasteiger partial charge in [-0.1, -0.05) is 44.5 Å². The van der Waals surface area contributed by atoms with Gasteiger partial charge in [-0.2, -0.15) is 20.1 Å². The lowest BCUT2D eigenvalue weighted by molar-refractivity contribution is -0.192. The molecule has 7 rings (SSSR count). The second-order valence-corrected chi connectivity index (χ2v) is 13.1. The van der Waals surface area contributed by atoms with Gasteiger partial charge in [0.2, 0.25) is 5.79 Å². The minimum absolute atomic E-state index is 0.0713. The quantitative estimate of drug-likeness (QED) is 0.166. The molecule has 0 N–H and O–H groups in total. The molecule has 3 unspecified atom stereocenters. The standard InChI is InChI=1S/C38H46N8O4/c1-4-6-30-7-9-31(10-8-30)38(27-45-39-19-20-40-45)49-26-36(50-38)25-48-35-17-15-33(16-18-35)43-23-21-42(22-24-43)32-11-13-34(14-12-32)44-28-41-46(37(44)47)29(3)5-2/h7-20,28-29,36H,4-6,21-27H2,1-3H3. The molecule has 3 atom stereocenters. The molecule has 0 radical (unpaired) electrons. The summed E-state index contributed by atoms with van der Waals surface area (Å²) in [5.74, 6) is -0.192. The molecular weight excluding hydrogens is 632 g/mol. The molecular formula is C38H46N8O4. The number of aromatic nitrogens is 6. The zero-order valence-corrected chi connectivity index (χ0v) is 29.1. The summed E-state index contributed by atoms with van der Waals surface area (Å²) in [6.07, 6.45) is 7.67. The highest BCUT2D eigenvalue weighted by Gasteiger charge is 2.44. The van der Waals surface area contributed by atoms with Crippen LogP contribution >= 0.6 is 0 Å². The number of aryl methyl sites for hydroxylation is 1. The molecule has 50 heavy (non-hydrogen) atoms. The van der Waals surface area contributed by atoms with Crippen LogP contribution in [0.25, 0.3) is 5.69 Å². The first-order chi connectivity index (χ1) is 24.4. The van der Waals surface area contributed by atoms with Gasteiger partial charge in [0.05, 0.1) is 30.7 Å². The van der Waals surface area contributed by atoms with Crippen molar-refractivity contribution in [1.29, 1.82) is 0 Å². The van der Waals surface area contributed by atoms with E-state index in [-0.39, 0.29) is 17.8 Å². The zero-order valence-electron chi connectivity index (χ0n) is 29.1. The van der Waals surface area contributed by atoms with Crippen molar-refractivity contribution in [2.24, 2.45) is 0 Å². The van der Waals surface area contributed by atoms with Crippen LogP contribution in [0.15, 0.2) is 96.3 Å². The summed E-state index contributed by atoms with van der Waals surface area (Å²) in [5, 5.41) is 12.9. The smallest absolute Gasteiger partial charge is 0.350 e. The van der Waals surface area contributed by atoms with Crippen molar-refractivity contribution in [3.63, 3.8) is 0 Å². The fraction of sp³-hybridized carbons (Fsp3) is 0.421. The van der Waals surface area contributed by atoms with Crippen LogP contribution in [-0.2, 0) is 28.2 Å². The number of hydrogen-bond acceptors (Lipinski definition) is 9. The van der Waals surface area contributed by atoms with E-state index in [1.54, 1.807) is 32.8 Å². The Morgan fingerprint density at radius 1 is 0.840 bits per heavy atom. The Kier molecular flexibility index (Phi) is 9.99. The van der Waals surface area contributed by atoms with E-state index in [0.717, 1.165) is 68.1 Å². The van der Waals surface area contributed by atoms with Crippen LogP contribution in [0, 0.1) is 0 Å². The third-order valence-electron chi connectivity index (χ3n) is 9.72. The molecule has 2 aliphatic rings. The van der Waals surface area contributed by atoms with E-state index in [2.05, 4.69) is 87.5 Å². The van der Waals surface area contributed by atoms with E-state index in [4.69, 9.17) is 14.2 Å². The van der Waals surface area contributed by atoms with Crippen molar-refractivity contribution in [2.45, 2.75) is 64.5 Å². The Morgan fingerprint density at radius 2 is 1.46 bits per heavy atom. The number of anilines is 2. The number of benzene rings is 3. The lowest BCUT2D eigenvalue weighted by Gasteiger charge is -2.37. The lowest BCUT2D eigenvalue weighted by Crippen LogP contribution is -2.46. The molecule has 5 aromatic rings. The van der Waals surface area contributed by atoms with Gasteiger partial charge >= 0.3 is 5.69 Å². The second-order valence-electron chi connectivity index (χ2n) is 13.1. The Hall–Kier alpha value is -4.94. The van der Waals surface area contributed by atoms with Crippen LogP contribution < -0.4 is 20.2 Å². The normalized spacial score (nSPS) is 19.9. The lowest BCUT2D eigenvalue weighted by atomic mass is 10.0. The summed E-state index contributed by atoms with van der Waals surface area (Å²) >= 11 is 0. The third kappa shape index (κ3) is 7.17. The number of piperazine rings is 1. The fourth-order valence-corrected chi connectivity index (χ4v) is 6.66. The van der Waals surface area contributed by atoms with Crippen molar-refractivity contribution in [2.75, 3.05) is 49.2 Å². The Morgan fingerprint density at radius 3 is 2.08 bits per heavy atom. The van der Waals surface area contributed by atoms with Crippen molar-refractivity contribution in [1.82, 2.24) is 29.3 Å². The molecule has 12 nitrogen and oxygen atoms in total. The van der Waals surface area contributed by atoms with Gasteiger partial charge in [-0.15, -0.1) is 0 Å². The minimum atomic E-state index is -0.984. The van der Waals surface area contributed by atoms with E-state index in [1.165, 1.54) is 11.3 Å². The molecule has 4 heterocycles. The highest BCUT2D eigenvalue weighted by molar-refractivity contribution is 5.54. The maximum Gasteiger partial charge on any atom is 0.350 e. The minimum Gasteiger partial charge on any atom is -0.491 e. The SMILES string of the molecule is CCCc1ccc(C2(Cn3nccn3)OCC(COc3ccc(N4CCN(c5ccc(-n6cnn(C(C)CC)c6=O)cc5)CC4)cc3)O2)cc1. The van der Waals surface area contributed by atoms with Crippen molar-refractivity contribution < 1.29 is 14.2 Å². The van der Waals surface area contributed by atoms with Gasteiger partial charge in [0.25, 0.3) is 0 Å². The average Bonchev–Trinajstić information content (AvgIpc) is 3.92. The molecule has 262 valence electrons. The number of rotatable bonds is 13. The maximum atomic E-state index is 12.8. The largest absolute Gasteiger partial charge is 0.491 e. The van der Waals surface area contributed by atoms with Gasteiger partial charge < -0.3 is 24.0 Å². The molecule has 0 aliphatic carbocycles. The van der Waals surface area contributed by atoms with Gasteiger partial charge in [-0.25, -0.2) is 14.0 Å². The van der Waals surface area contributed by atoms with Crippen LogP contribution in [0.1, 0.15) is 50.8 Å². The van der Waals surface area contributed by atoms with Crippen molar-refractivity contribution in [3.8, 4) is 11.4 Å². The van der Waals surface area contributed by atoms with Crippen LogP contribution in [0.3, 0.4) is 0 Å². The monoisotopic (exact) mass is 678 g/mol. The maximum absolute atomic E-state index is 12.8. The summed E-state index contributed by atoms with van der Waals surface area (Å²) < 4.78 is 22.3. The summed E-state index contributed by atoms with van der Waals surface area (Å²) in [5.41, 5.74) is 5.27. The van der Waals surface area contributed by atoms with Gasteiger partial charge in [-0.3, -0.25) is 0 Å². The first kappa shape index (κ1) is 33.6. The number of ether oxygens (including phenoxy) is 3. The van der Waals surface area contributed by atoms with E-state index in [0.29, 0.717) is 19.8 Å². The Labute approximate surface area is 292 Å². The number of hydrogen-bond donors (Lipinski definition) is 0. The highest BCUT2D eigenvalue weighted by Crippen LogP contribution is 2.36. The van der Waals surface area contributed by atoms with Crippen molar-refractivity contribution in [3.05, 3.63) is 113 Å². The van der Waals surface area contributed by atoms with E-state index < -0.39 is 5.79 Å². The molecule has 2 aromatic heterocycles. The topological polar surface area (TPSA) is 105 Å². The zero-order chi connectivity index (χ0) is 34.5. The van der Waals surface area contributed by atoms with Crippen LogP contribution in [0.2, 0.25) is 0 Å². The van der Waals surface area contributed by atoms with Gasteiger partial charge in [-0.05, 0) is 73.9 Å². The van der Waals surface area contributed by atoms with Gasteiger partial charge in [0.15, 0.2) is 0 Å². The van der Waals surface area contributed by atoms with E-state index in [9.17, 15) is 4.79 Å².